The number of aliphatic hydroxyl groups is 1. The van der Waals surface area contributed by atoms with E-state index in [1.165, 1.54) is 10.8 Å². The fourth-order valence-electron chi connectivity index (χ4n) is 3.20. The quantitative estimate of drug-likeness (QED) is 0.864. The van der Waals surface area contributed by atoms with Crippen LogP contribution < -0.4 is 10.9 Å². The predicted octanol–water partition coefficient (Wildman–Crippen LogP) is 1.06. The molecule has 1 amide bonds. The molecule has 0 spiro atoms. The summed E-state index contributed by atoms with van der Waals surface area (Å²) in [5, 5.41) is 12.8. The van der Waals surface area contributed by atoms with Gasteiger partial charge < -0.3 is 10.4 Å². The van der Waals surface area contributed by atoms with Gasteiger partial charge in [-0.2, -0.15) is 0 Å². The average molecular weight is 315 g/mol. The van der Waals surface area contributed by atoms with E-state index in [0.717, 1.165) is 25.7 Å². The molecule has 0 bridgehead atoms. The van der Waals surface area contributed by atoms with Crippen molar-refractivity contribution in [1.82, 2.24) is 14.9 Å². The Balaban J connectivity index is 1.66. The van der Waals surface area contributed by atoms with Crippen molar-refractivity contribution in [2.75, 3.05) is 6.54 Å². The number of carbonyl (C=O) groups is 1. The van der Waals surface area contributed by atoms with Gasteiger partial charge >= 0.3 is 0 Å². The topological polar surface area (TPSA) is 84.2 Å². The third-order valence-electron chi connectivity index (χ3n) is 4.51. The number of amides is 1. The summed E-state index contributed by atoms with van der Waals surface area (Å²) in [6, 6.07) is 7.21. The van der Waals surface area contributed by atoms with Crippen molar-refractivity contribution in [3.8, 4) is 0 Å². The molecule has 1 aliphatic carbocycles. The van der Waals surface area contributed by atoms with Crippen LogP contribution in [0.1, 0.15) is 25.7 Å². The van der Waals surface area contributed by atoms with E-state index in [1.807, 2.05) is 12.1 Å². The molecule has 1 fully saturated rings. The first-order valence-electron chi connectivity index (χ1n) is 8.04. The van der Waals surface area contributed by atoms with Crippen LogP contribution in [0, 0.1) is 5.92 Å². The molecule has 122 valence electrons. The Kier molecular flexibility index (Phi) is 4.71. The molecule has 1 saturated carbocycles. The lowest BCUT2D eigenvalue weighted by Crippen LogP contribution is -2.38. The molecular formula is C17H21N3O3. The van der Waals surface area contributed by atoms with E-state index in [4.69, 9.17) is 0 Å². The minimum absolute atomic E-state index is 0.0702. The maximum absolute atomic E-state index is 12.1. The van der Waals surface area contributed by atoms with Crippen molar-refractivity contribution in [3.05, 3.63) is 40.8 Å². The van der Waals surface area contributed by atoms with Gasteiger partial charge in [-0.3, -0.25) is 14.2 Å². The molecule has 0 saturated heterocycles. The van der Waals surface area contributed by atoms with Gasteiger partial charge in [0.25, 0.3) is 5.56 Å². The molecule has 1 atom stereocenters. The van der Waals surface area contributed by atoms with Crippen LogP contribution in [0.25, 0.3) is 11.0 Å². The van der Waals surface area contributed by atoms with Crippen molar-refractivity contribution >= 4 is 16.9 Å². The van der Waals surface area contributed by atoms with Crippen molar-refractivity contribution in [2.45, 2.75) is 38.3 Å². The largest absolute Gasteiger partial charge is 0.391 e. The van der Waals surface area contributed by atoms with Gasteiger partial charge in [0.2, 0.25) is 5.91 Å². The molecule has 3 rings (SSSR count). The molecule has 2 N–H and O–H groups in total. The third kappa shape index (κ3) is 3.59. The van der Waals surface area contributed by atoms with Crippen LogP contribution in [0.5, 0.6) is 0 Å². The molecule has 0 radical (unpaired) electrons. The van der Waals surface area contributed by atoms with Crippen LogP contribution >= 0.6 is 0 Å². The number of hydrogen-bond acceptors (Lipinski definition) is 4. The number of hydrogen-bond donors (Lipinski definition) is 2. The van der Waals surface area contributed by atoms with Gasteiger partial charge in [0.15, 0.2) is 0 Å². The molecule has 1 aliphatic rings. The van der Waals surface area contributed by atoms with Crippen LogP contribution in [0.3, 0.4) is 0 Å². The molecule has 6 nitrogen and oxygen atoms in total. The van der Waals surface area contributed by atoms with Crippen molar-refractivity contribution in [2.24, 2.45) is 5.92 Å². The van der Waals surface area contributed by atoms with E-state index < -0.39 is 6.10 Å². The van der Waals surface area contributed by atoms with Gasteiger partial charge in [-0.05, 0) is 30.9 Å². The van der Waals surface area contributed by atoms with E-state index in [0.29, 0.717) is 11.0 Å². The minimum Gasteiger partial charge on any atom is -0.391 e. The number of carbonyl (C=O) groups excluding carboxylic acids is 1. The van der Waals surface area contributed by atoms with Crippen LogP contribution in [0.2, 0.25) is 0 Å². The summed E-state index contributed by atoms with van der Waals surface area (Å²) in [5.41, 5.74) is 0.993. The molecule has 0 aliphatic heterocycles. The fourth-order valence-corrected chi connectivity index (χ4v) is 3.20. The van der Waals surface area contributed by atoms with Gasteiger partial charge in [-0.25, -0.2) is 4.98 Å². The maximum atomic E-state index is 12.1. The molecule has 1 aromatic carbocycles. The number of rotatable bonds is 5. The number of aromatic nitrogens is 2. The molecule has 1 aromatic heterocycles. The van der Waals surface area contributed by atoms with E-state index in [1.54, 1.807) is 12.1 Å². The Bertz CT molecular complexity index is 750. The summed E-state index contributed by atoms with van der Waals surface area (Å²) >= 11 is 0. The molecule has 2 aromatic rings. The minimum atomic E-state index is -0.507. The normalized spacial score (nSPS) is 16.6. The zero-order valence-corrected chi connectivity index (χ0v) is 12.9. The summed E-state index contributed by atoms with van der Waals surface area (Å²) in [6.45, 7) is 0.167. The fraction of sp³-hybridized carbons (Fsp3) is 0.471. The monoisotopic (exact) mass is 315 g/mol. The number of benzene rings is 1. The highest BCUT2D eigenvalue weighted by Crippen LogP contribution is 2.27. The molecule has 23 heavy (non-hydrogen) atoms. The van der Waals surface area contributed by atoms with Gasteiger partial charge in [-0.1, -0.05) is 25.0 Å². The lowest BCUT2D eigenvalue weighted by molar-refractivity contribution is -0.122. The van der Waals surface area contributed by atoms with Crippen LogP contribution in [0.4, 0.5) is 0 Å². The van der Waals surface area contributed by atoms with Gasteiger partial charge in [-0.15, -0.1) is 0 Å². The highest BCUT2D eigenvalue weighted by Gasteiger charge is 2.23. The second-order valence-electron chi connectivity index (χ2n) is 6.09. The van der Waals surface area contributed by atoms with E-state index in [9.17, 15) is 14.7 Å². The third-order valence-corrected chi connectivity index (χ3v) is 4.51. The SMILES string of the molecule is O=C(Cn1c(=O)cnc2ccccc21)NCC(O)C1CCCC1. The Morgan fingerprint density at radius 3 is 2.87 bits per heavy atom. The number of nitrogens with one attached hydrogen (secondary N) is 1. The Morgan fingerprint density at radius 2 is 2.09 bits per heavy atom. The Hall–Kier alpha value is -2.21. The van der Waals surface area contributed by atoms with Gasteiger partial charge in [0.1, 0.15) is 6.54 Å². The van der Waals surface area contributed by atoms with Gasteiger partial charge in [0.05, 0.1) is 23.3 Å². The zero-order chi connectivity index (χ0) is 16.2. The lowest BCUT2D eigenvalue weighted by atomic mass is 10.0. The van der Waals surface area contributed by atoms with Crippen molar-refractivity contribution < 1.29 is 9.90 Å². The standard InChI is InChI=1S/C17H21N3O3/c21-15(12-5-1-2-6-12)9-19-16(22)11-20-14-8-4-3-7-13(14)18-10-17(20)23/h3-4,7-8,10,12,15,21H,1-2,5-6,9,11H2,(H,19,22). The van der Waals surface area contributed by atoms with Crippen LogP contribution in [0.15, 0.2) is 35.3 Å². The average Bonchev–Trinajstić information content (AvgIpc) is 3.10. The number of aliphatic hydroxyl groups excluding tert-OH is 1. The smallest absolute Gasteiger partial charge is 0.269 e. The molecular weight excluding hydrogens is 294 g/mol. The molecule has 1 heterocycles. The molecule has 6 heteroatoms. The highest BCUT2D eigenvalue weighted by atomic mass is 16.3. The summed E-state index contributed by atoms with van der Waals surface area (Å²) in [4.78, 5) is 28.2. The lowest BCUT2D eigenvalue weighted by Gasteiger charge is -2.18. The van der Waals surface area contributed by atoms with E-state index in [-0.39, 0.29) is 30.5 Å². The first kappa shape index (κ1) is 15.7. The number of para-hydroxylation sites is 2. The number of fused-ring (bicyclic) bond motifs is 1. The summed E-state index contributed by atoms with van der Waals surface area (Å²) < 4.78 is 1.40. The zero-order valence-electron chi connectivity index (χ0n) is 12.9. The van der Waals surface area contributed by atoms with E-state index in [2.05, 4.69) is 10.3 Å². The summed E-state index contributed by atoms with van der Waals surface area (Å²) in [7, 11) is 0. The number of nitrogens with zero attached hydrogens (tertiary/aromatic N) is 2. The van der Waals surface area contributed by atoms with Crippen molar-refractivity contribution in [3.63, 3.8) is 0 Å². The predicted molar refractivity (Wildman–Crippen MR) is 87.0 cm³/mol. The van der Waals surface area contributed by atoms with E-state index >= 15 is 0 Å². The first-order chi connectivity index (χ1) is 11.1. The summed E-state index contributed by atoms with van der Waals surface area (Å²) in [6.07, 6.45) is 5.05. The second-order valence-corrected chi connectivity index (χ2v) is 6.09. The van der Waals surface area contributed by atoms with Crippen molar-refractivity contribution in [1.29, 1.82) is 0 Å². The Morgan fingerprint density at radius 1 is 1.35 bits per heavy atom. The maximum Gasteiger partial charge on any atom is 0.269 e. The Labute approximate surface area is 134 Å². The second kappa shape index (κ2) is 6.91. The molecule has 1 unspecified atom stereocenters. The summed E-state index contributed by atoms with van der Waals surface area (Å²) in [5.74, 6) is 0.000257. The van der Waals surface area contributed by atoms with Gasteiger partial charge in [0, 0.05) is 6.54 Å². The highest BCUT2D eigenvalue weighted by molar-refractivity contribution is 5.79. The first-order valence-corrected chi connectivity index (χ1v) is 8.04. The van der Waals surface area contributed by atoms with Crippen LogP contribution in [-0.4, -0.2) is 33.2 Å². The van der Waals surface area contributed by atoms with Crippen LogP contribution in [-0.2, 0) is 11.3 Å².